The van der Waals surface area contributed by atoms with Crippen molar-refractivity contribution in [1.29, 1.82) is 0 Å². The molecule has 0 bridgehead atoms. The third kappa shape index (κ3) is 2.23. The van der Waals surface area contributed by atoms with Gasteiger partial charge in [0, 0.05) is 0 Å². The molecular formula is C5H9NO2Sn. The Labute approximate surface area is 67.2 Å². The normalized spacial score (nSPS) is 27.9. The van der Waals surface area contributed by atoms with E-state index >= 15 is 0 Å². The zero-order valence-corrected chi connectivity index (χ0v) is 8.39. The quantitative estimate of drug-likeness (QED) is 0.555. The number of carbonyl (C=O) groups is 1. The molecule has 9 heavy (non-hydrogen) atoms. The van der Waals surface area contributed by atoms with Crippen LogP contribution in [0.15, 0.2) is 0 Å². The topological polar surface area (TPSA) is 38.3 Å². The molecule has 0 aromatic heterocycles. The molecule has 1 aliphatic heterocycles. The standard InChI is InChI=1S/C5H8NO2.Sn.H/c7-4-5-3-6-1-2-8-5;;/h5-6H,1-3H2;;. The van der Waals surface area contributed by atoms with Crippen molar-refractivity contribution in [2.75, 3.05) is 19.7 Å². The van der Waals surface area contributed by atoms with Crippen LogP contribution in [0.5, 0.6) is 0 Å². The second-order valence-electron chi connectivity index (χ2n) is 1.97. The number of rotatable bonds is 1. The van der Waals surface area contributed by atoms with Crippen LogP contribution in [0.2, 0.25) is 0 Å². The third-order valence-corrected chi connectivity index (χ3v) is 2.31. The summed E-state index contributed by atoms with van der Waals surface area (Å²) in [6.45, 7) is 2.27. The summed E-state index contributed by atoms with van der Waals surface area (Å²) in [6, 6.07) is 0. The number of nitrogens with one attached hydrogen (secondary N) is 1. The van der Waals surface area contributed by atoms with Crippen LogP contribution >= 0.6 is 0 Å². The molecule has 2 radical (unpaired) electrons. The summed E-state index contributed by atoms with van der Waals surface area (Å²) in [4.78, 5) is 10.7. The number of carbonyl (C=O) groups excluding carboxylic acids is 1. The van der Waals surface area contributed by atoms with Gasteiger partial charge in [-0.15, -0.1) is 0 Å². The molecule has 0 amide bonds. The molecule has 0 aliphatic carbocycles. The molecule has 0 aromatic carbocycles. The summed E-state index contributed by atoms with van der Waals surface area (Å²) in [5.74, 6) is 0. The first-order valence-electron chi connectivity index (χ1n) is 2.92. The summed E-state index contributed by atoms with van der Waals surface area (Å²) < 4.78 is 5.40. The van der Waals surface area contributed by atoms with Crippen LogP contribution in [-0.4, -0.2) is 52.1 Å². The monoisotopic (exact) mass is 235 g/mol. The van der Waals surface area contributed by atoms with Gasteiger partial charge in [-0.2, -0.15) is 0 Å². The van der Waals surface area contributed by atoms with E-state index in [1.807, 2.05) is 0 Å². The van der Waals surface area contributed by atoms with Gasteiger partial charge in [-0.25, -0.2) is 0 Å². The summed E-state index contributed by atoms with van der Waals surface area (Å²) in [7, 11) is 0. The Morgan fingerprint density at radius 1 is 1.78 bits per heavy atom. The number of hydrogen-bond acceptors (Lipinski definition) is 3. The molecule has 1 heterocycles. The van der Waals surface area contributed by atoms with Crippen molar-refractivity contribution in [2.45, 2.75) is 6.10 Å². The molecule has 1 atom stereocenters. The number of morpholine rings is 1. The zero-order valence-electron chi connectivity index (χ0n) is 5.09. The maximum atomic E-state index is 10.7. The van der Waals surface area contributed by atoms with Crippen LogP contribution in [-0.2, 0) is 9.53 Å². The van der Waals surface area contributed by atoms with Crippen molar-refractivity contribution in [2.24, 2.45) is 0 Å². The summed E-state index contributed by atoms with van der Waals surface area (Å²) >= 11 is 0.667. The van der Waals surface area contributed by atoms with Crippen LogP contribution in [0, 0.1) is 0 Å². The third-order valence-electron chi connectivity index (χ3n) is 1.24. The average Bonchev–Trinajstić information content (AvgIpc) is 1.90. The minimum atomic E-state index is -0.138. The summed E-state index contributed by atoms with van der Waals surface area (Å²) in [6.07, 6.45) is -0.138. The van der Waals surface area contributed by atoms with Gasteiger partial charge >= 0.3 is 67.0 Å². The number of ether oxygens (including phenoxy) is 1. The first-order valence-corrected chi connectivity index (χ1v) is 4.57. The van der Waals surface area contributed by atoms with E-state index in [1.165, 1.54) is 0 Å². The maximum absolute atomic E-state index is 10.7. The van der Waals surface area contributed by atoms with Gasteiger partial charge in [0.15, 0.2) is 0 Å². The Balaban J connectivity index is 2.31. The van der Waals surface area contributed by atoms with E-state index in [9.17, 15) is 4.79 Å². The van der Waals surface area contributed by atoms with Gasteiger partial charge in [-0.3, -0.25) is 0 Å². The van der Waals surface area contributed by atoms with Crippen molar-refractivity contribution in [3.63, 3.8) is 0 Å². The molecule has 1 aliphatic rings. The molecular weight excluding hydrogens is 225 g/mol. The molecule has 50 valence electrons. The summed E-state index contributed by atoms with van der Waals surface area (Å²) in [5, 5.41) is 3.09. The van der Waals surface area contributed by atoms with Gasteiger partial charge < -0.3 is 0 Å². The van der Waals surface area contributed by atoms with E-state index < -0.39 is 0 Å². The van der Waals surface area contributed by atoms with Crippen LogP contribution < -0.4 is 5.32 Å². The second-order valence-corrected chi connectivity index (χ2v) is 3.59. The Morgan fingerprint density at radius 2 is 2.56 bits per heavy atom. The molecule has 0 saturated carbocycles. The van der Waals surface area contributed by atoms with Gasteiger partial charge in [0.1, 0.15) is 0 Å². The van der Waals surface area contributed by atoms with Gasteiger partial charge in [-0.1, -0.05) is 0 Å². The predicted molar refractivity (Wildman–Crippen MR) is 34.8 cm³/mol. The molecule has 3 nitrogen and oxygen atoms in total. The van der Waals surface area contributed by atoms with Crippen molar-refractivity contribution >= 4 is 26.3 Å². The second kappa shape index (κ2) is 3.53. The van der Waals surface area contributed by atoms with E-state index in [0.29, 0.717) is 35.7 Å². The Hall–Kier alpha value is 0.389. The van der Waals surface area contributed by atoms with E-state index in [1.54, 1.807) is 0 Å². The van der Waals surface area contributed by atoms with E-state index in [2.05, 4.69) is 5.32 Å². The number of hydrogen-bond donors (Lipinski definition) is 1. The van der Waals surface area contributed by atoms with Gasteiger partial charge in [0.25, 0.3) is 0 Å². The first kappa shape index (κ1) is 7.50. The first-order chi connectivity index (χ1) is 4.30. The molecule has 0 aromatic rings. The zero-order chi connectivity index (χ0) is 6.69. The van der Waals surface area contributed by atoms with Gasteiger partial charge in [0.05, 0.1) is 0 Å². The van der Waals surface area contributed by atoms with Crippen LogP contribution in [0.25, 0.3) is 0 Å². The predicted octanol–water partition coefficient (Wildman–Crippen LogP) is -1.60. The molecule has 1 rings (SSSR count). The van der Waals surface area contributed by atoms with E-state index in [0.717, 1.165) is 6.54 Å². The van der Waals surface area contributed by atoms with Gasteiger partial charge in [-0.05, 0) is 0 Å². The van der Waals surface area contributed by atoms with Gasteiger partial charge in [0.2, 0.25) is 0 Å². The molecule has 0 spiro atoms. The molecule has 1 unspecified atom stereocenters. The Bertz CT molecular complexity index is 112. The molecule has 1 N–H and O–H groups in total. The van der Waals surface area contributed by atoms with Crippen LogP contribution in [0.4, 0.5) is 0 Å². The van der Waals surface area contributed by atoms with Crippen LogP contribution in [0.1, 0.15) is 0 Å². The van der Waals surface area contributed by atoms with E-state index in [-0.39, 0.29) is 9.90 Å². The van der Waals surface area contributed by atoms with Crippen molar-refractivity contribution in [3.8, 4) is 0 Å². The fraction of sp³-hybridized carbons (Fsp3) is 0.800. The Kier molecular flexibility index (Phi) is 2.94. The molecule has 4 heteroatoms. The Morgan fingerprint density at radius 3 is 2.89 bits per heavy atom. The molecule has 1 fully saturated rings. The fourth-order valence-corrected chi connectivity index (χ4v) is 1.36. The van der Waals surface area contributed by atoms with Crippen LogP contribution in [0.3, 0.4) is 0 Å². The summed E-state index contributed by atoms with van der Waals surface area (Å²) in [5.41, 5.74) is 0. The van der Waals surface area contributed by atoms with Crippen molar-refractivity contribution in [1.82, 2.24) is 5.32 Å². The van der Waals surface area contributed by atoms with E-state index in [4.69, 9.17) is 4.74 Å². The fourth-order valence-electron chi connectivity index (χ4n) is 0.748. The van der Waals surface area contributed by atoms with Crippen molar-refractivity contribution in [3.05, 3.63) is 0 Å². The minimum absolute atomic E-state index is 0.138. The molecule has 1 saturated heterocycles. The average molecular weight is 234 g/mol. The van der Waals surface area contributed by atoms with Crippen molar-refractivity contribution < 1.29 is 9.53 Å². The SMILES string of the molecule is O=[C]([SnH])C1CNCCO1.